The van der Waals surface area contributed by atoms with Crippen molar-refractivity contribution in [3.05, 3.63) is 40.1 Å². The number of likely N-dealkylation sites (N-methyl/N-ethyl adjacent to an activating group) is 1. The second-order valence-corrected chi connectivity index (χ2v) is 6.27. The standard InChI is InChI=1S/C15H19N5O4S/c1-3-19(8-12(22)9-21)11-4-5-13(10(2)6-11)17-18-15-16-7-14(25-15)20(23)24/h4-7,12,21-22H,3,8-9H2,1-2H3. The quantitative estimate of drug-likeness (QED) is 0.421. The van der Waals surface area contributed by atoms with Crippen LogP contribution in [0.25, 0.3) is 0 Å². The third-order valence-electron chi connectivity index (χ3n) is 3.47. The van der Waals surface area contributed by atoms with Crippen LogP contribution in [0.3, 0.4) is 0 Å². The number of aliphatic hydroxyl groups is 2. The highest BCUT2D eigenvalue weighted by Crippen LogP contribution is 2.30. The first kappa shape index (κ1) is 18.9. The van der Waals surface area contributed by atoms with Crippen LogP contribution in [-0.4, -0.2) is 45.9 Å². The van der Waals surface area contributed by atoms with Crippen molar-refractivity contribution < 1.29 is 15.1 Å². The van der Waals surface area contributed by atoms with E-state index < -0.39 is 11.0 Å². The minimum absolute atomic E-state index is 0.0814. The summed E-state index contributed by atoms with van der Waals surface area (Å²) in [5, 5.41) is 37.4. The van der Waals surface area contributed by atoms with Crippen molar-refractivity contribution in [2.45, 2.75) is 20.0 Å². The molecule has 0 fully saturated rings. The fraction of sp³-hybridized carbons (Fsp3) is 0.400. The van der Waals surface area contributed by atoms with Crippen LogP contribution >= 0.6 is 11.3 Å². The fourth-order valence-electron chi connectivity index (χ4n) is 2.16. The van der Waals surface area contributed by atoms with Crippen molar-refractivity contribution in [2.24, 2.45) is 10.2 Å². The molecule has 1 aromatic carbocycles. The Morgan fingerprint density at radius 1 is 1.44 bits per heavy atom. The van der Waals surface area contributed by atoms with Crippen molar-refractivity contribution in [1.82, 2.24) is 4.98 Å². The van der Waals surface area contributed by atoms with Crippen molar-refractivity contribution in [3.63, 3.8) is 0 Å². The molecule has 1 heterocycles. The minimum Gasteiger partial charge on any atom is -0.394 e. The van der Waals surface area contributed by atoms with Gasteiger partial charge in [0, 0.05) is 18.8 Å². The molecule has 0 aliphatic rings. The minimum atomic E-state index is -0.805. The summed E-state index contributed by atoms with van der Waals surface area (Å²) in [5.74, 6) is 0. The highest BCUT2D eigenvalue weighted by Gasteiger charge is 2.12. The summed E-state index contributed by atoms with van der Waals surface area (Å²) in [6.07, 6.45) is 0.348. The van der Waals surface area contributed by atoms with Gasteiger partial charge in [-0.3, -0.25) is 10.1 Å². The molecule has 2 aromatic rings. The van der Waals surface area contributed by atoms with Gasteiger partial charge in [-0.15, -0.1) is 10.2 Å². The average Bonchev–Trinajstić information content (AvgIpc) is 3.07. The Kier molecular flexibility index (Phi) is 6.51. The van der Waals surface area contributed by atoms with Gasteiger partial charge in [0.15, 0.2) is 0 Å². The summed E-state index contributed by atoms with van der Waals surface area (Å²) in [5.41, 5.74) is 2.39. The van der Waals surface area contributed by atoms with Gasteiger partial charge in [-0.2, -0.15) is 0 Å². The molecule has 25 heavy (non-hydrogen) atoms. The molecular weight excluding hydrogens is 346 g/mol. The molecule has 2 rings (SSSR count). The lowest BCUT2D eigenvalue weighted by Crippen LogP contribution is -2.34. The Morgan fingerprint density at radius 2 is 2.20 bits per heavy atom. The lowest BCUT2D eigenvalue weighted by Gasteiger charge is -2.25. The van der Waals surface area contributed by atoms with Gasteiger partial charge >= 0.3 is 5.00 Å². The smallest absolute Gasteiger partial charge is 0.345 e. The van der Waals surface area contributed by atoms with Crippen LogP contribution in [0.1, 0.15) is 12.5 Å². The molecule has 10 heteroatoms. The third-order valence-corrected chi connectivity index (χ3v) is 4.31. The zero-order valence-corrected chi connectivity index (χ0v) is 14.7. The topological polar surface area (TPSA) is 124 Å². The molecule has 134 valence electrons. The predicted molar refractivity (Wildman–Crippen MR) is 95.1 cm³/mol. The number of azo groups is 1. The van der Waals surface area contributed by atoms with Gasteiger partial charge in [-0.05, 0) is 48.9 Å². The van der Waals surface area contributed by atoms with E-state index in [1.807, 2.05) is 30.9 Å². The van der Waals surface area contributed by atoms with E-state index in [2.05, 4.69) is 15.2 Å². The Hall–Kier alpha value is -2.43. The molecule has 0 spiro atoms. The zero-order valence-electron chi connectivity index (χ0n) is 13.9. The number of nitrogens with zero attached hydrogens (tertiary/aromatic N) is 5. The Labute approximate surface area is 148 Å². The van der Waals surface area contributed by atoms with Crippen molar-refractivity contribution in [2.75, 3.05) is 24.6 Å². The van der Waals surface area contributed by atoms with E-state index in [1.165, 1.54) is 0 Å². The third kappa shape index (κ3) is 5.02. The number of nitro groups is 1. The van der Waals surface area contributed by atoms with Gasteiger partial charge in [0.1, 0.15) is 6.20 Å². The van der Waals surface area contributed by atoms with Crippen molar-refractivity contribution >= 4 is 32.8 Å². The first-order chi connectivity index (χ1) is 11.9. The number of aromatic nitrogens is 1. The van der Waals surface area contributed by atoms with Crippen LogP contribution in [0.15, 0.2) is 34.6 Å². The Balaban J connectivity index is 2.15. The molecule has 0 radical (unpaired) electrons. The highest BCUT2D eigenvalue weighted by molar-refractivity contribution is 7.18. The molecule has 1 atom stereocenters. The molecule has 0 aliphatic heterocycles. The maximum Gasteiger partial charge on any atom is 0.345 e. The number of anilines is 1. The molecule has 0 bridgehead atoms. The van der Waals surface area contributed by atoms with E-state index in [0.29, 0.717) is 18.8 Å². The largest absolute Gasteiger partial charge is 0.394 e. The van der Waals surface area contributed by atoms with Crippen LogP contribution in [0, 0.1) is 17.0 Å². The van der Waals surface area contributed by atoms with Gasteiger partial charge < -0.3 is 15.1 Å². The Morgan fingerprint density at radius 3 is 2.76 bits per heavy atom. The second kappa shape index (κ2) is 8.60. The van der Waals surface area contributed by atoms with E-state index in [1.54, 1.807) is 6.07 Å². The number of hydrogen-bond donors (Lipinski definition) is 2. The van der Waals surface area contributed by atoms with E-state index in [0.717, 1.165) is 28.8 Å². The van der Waals surface area contributed by atoms with Crippen molar-refractivity contribution in [1.29, 1.82) is 0 Å². The number of aliphatic hydroxyl groups excluding tert-OH is 2. The summed E-state index contributed by atoms with van der Waals surface area (Å²) in [6, 6.07) is 5.54. The maximum absolute atomic E-state index is 10.6. The second-order valence-electron chi connectivity index (χ2n) is 5.28. The maximum atomic E-state index is 10.6. The molecule has 9 nitrogen and oxygen atoms in total. The summed E-state index contributed by atoms with van der Waals surface area (Å²) >= 11 is 0.857. The summed E-state index contributed by atoms with van der Waals surface area (Å²) in [6.45, 7) is 4.55. The first-order valence-corrected chi connectivity index (χ1v) is 8.42. The predicted octanol–water partition coefficient (Wildman–Crippen LogP) is 2.95. The molecule has 0 amide bonds. The van der Waals surface area contributed by atoms with E-state index in [-0.39, 0.29) is 16.7 Å². The SMILES string of the molecule is CCN(CC(O)CO)c1ccc(N=Nc2ncc([N+](=O)[O-])s2)c(C)c1. The number of hydrogen-bond acceptors (Lipinski definition) is 9. The molecule has 0 saturated carbocycles. The zero-order chi connectivity index (χ0) is 18.4. The number of rotatable bonds is 8. The molecule has 0 aliphatic carbocycles. The lowest BCUT2D eigenvalue weighted by atomic mass is 10.1. The average molecular weight is 365 g/mol. The van der Waals surface area contributed by atoms with Gasteiger partial charge in [0.25, 0.3) is 0 Å². The normalized spacial score (nSPS) is 12.5. The van der Waals surface area contributed by atoms with Crippen LogP contribution in [0.5, 0.6) is 0 Å². The molecule has 2 N–H and O–H groups in total. The van der Waals surface area contributed by atoms with Crippen LogP contribution in [0.2, 0.25) is 0 Å². The molecule has 0 saturated heterocycles. The number of aryl methyl sites for hydroxylation is 1. The van der Waals surface area contributed by atoms with Crippen LogP contribution < -0.4 is 4.90 Å². The lowest BCUT2D eigenvalue weighted by molar-refractivity contribution is -0.380. The Bertz CT molecular complexity index is 764. The summed E-state index contributed by atoms with van der Waals surface area (Å²) < 4.78 is 0. The van der Waals surface area contributed by atoms with E-state index in [9.17, 15) is 15.2 Å². The van der Waals surface area contributed by atoms with Gasteiger partial charge in [0.05, 0.1) is 23.3 Å². The molecule has 1 unspecified atom stereocenters. The van der Waals surface area contributed by atoms with Gasteiger partial charge in [-0.25, -0.2) is 4.98 Å². The van der Waals surface area contributed by atoms with Crippen LogP contribution in [0.4, 0.5) is 21.5 Å². The highest BCUT2D eigenvalue weighted by atomic mass is 32.1. The van der Waals surface area contributed by atoms with E-state index >= 15 is 0 Å². The van der Waals surface area contributed by atoms with Crippen molar-refractivity contribution in [3.8, 4) is 0 Å². The van der Waals surface area contributed by atoms with Crippen LogP contribution in [-0.2, 0) is 0 Å². The monoisotopic (exact) mass is 365 g/mol. The van der Waals surface area contributed by atoms with E-state index in [4.69, 9.17) is 5.11 Å². The fourth-order valence-corrected chi connectivity index (χ4v) is 2.72. The van der Waals surface area contributed by atoms with Gasteiger partial charge in [0.2, 0.25) is 5.13 Å². The number of benzene rings is 1. The number of thiazole rings is 1. The van der Waals surface area contributed by atoms with Gasteiger partial charge in [-0.1, -0.05) is 0 Å². The first-order valence-electron chi connectivity index (χ1n) is 7.61. The molecule has 1 aromatic heterocycles. The molecular formula is C15H19N5O4S. The summed E-state index contributed by atoms with van der Waals surface area (Å²) in [4.78, 5) is 15.9. The summed E-state index contributed by atoms with van der Waals surface area (Å²) in [7, 11) is 0.